The van der Waals surface area contributed by atoms with Crippen LogP contribution in [0.25, 0.3) is 6.08 Å². The molecule has 0 saturated heterocycles. The summed E-state index contributed by atoms with van der Waals surface area (Å²) in [6, 6.07) is 7.81. The van der Waals surface area contributed by atoms with Gasteiger partial charge in [-0.1, -0.05) is 35.0 Å². The van der Waals surface area contributed by atoms with Crippen molar-refractivity contribution in [2.24, 2.45) is 0 Å². The topological polar surface area (TPSA) is 29.1 Å². The SMILES string of the molecule is CCCNC(=O)/C=C/c1cccc(Br)c1. The monoisotopic (exact) mass is 267 g/mol. The van der Waals surface area contributed by atoms with Crippen molar-refractivity contribution in [1.29, 1.82) is 0 Å². The molecule has 0 radical (unpaired) electrons. The Morgan fingerprint density at radius 2 is 2.33 bits per heavy atom. The fourth-order valence-electron chi connectivity index (χ4n) is 1.09. The van der Waals surface area contributed by atoms with Crippen molar-refractivity contribution in [3.63, 3.8) is 0 Å². The van der Waals surface area contributed by atoms with Gasteiger partial charge in [-0.2, -0.15) is 0 Å². The standard InChI is InChI=1S/C12H14BrNO/c1-2-8-14-12(15)7-6-10-4-3-5-11(13)9-10/h3-7,9H,2,8H2,1H3,(H,14,15)/b7-6+. The number of carbonyl (C=O) groups is 1. The van der Waals surface area contributed by atoms with Gasteiger partial charge in [0.25, 0.3) is 0 Å². The summed E-state index contributed by atoms with van der Waals surface area (Å²) < 4.78 is 1.01. The average molecular weight is 268 g/mol. The van der Waals surface area contributed by atoms with Gasteiger partial charge in [-0.25, -0.2) is 0 Å². The van der Waals surface area contributed by atoms with Crippen LogP contribution in [0.5, 0.6) is 0 Å². The van der Waals surface area contributed by atoms with Crippen LogP contribution >= 0.6 is 15.9 Å². The Kier molecular flexibility index (Phi) is 5.12. The molecule has 0 aliphatic carbocycles. The Bertz CT molecular complexity index is 360. The van der Waals surface area contributed by atoms with Crippen LogP contribution in [0.4, 0.5) is 0 Å². The zero-order chi connectivity index (χ0) is 11.1. The minimum atomic E-state index is -0.0446. The minimum Gasteiger partial charge on any atom is -0.353 e. The molecule has 1 aromatic carbocycles. The third kappa shape index (κ3) is 4.79. The zero-order valence-electron chi connectivity index (χ0n) is 8.66. The van der Waals surface area contributed by atoms with E-state index in [2.05, 4.69) is 21.2 Å². The largest absolute Gasteiger partial charge is 0.353 e. The van der Waals surface area contributed by atoms with Crippen LogP contribution in [-0.2, 0) is 4.79 Å². The second kappa shape index (κ2) is 6.40. The van der Waals surface area contributed by atoms with E-state index in [1.165, 1.54) is 0 Å². The molecule has 1 rings (SSSR count). The van der Waals surface area contributed by atoms with Crippen LogP contribution in [-0.4, -0.2) is 12.5 Å². The molecule has 1 N–H and O–H groups in total. The first kappa shape index (κ1) is 12.0. The Hall–Kier alpha value is -1.09. The predicted octanol–water partition coefficient (Wildman–Crippen LogP) is 2.99. The summed E-state index contributed by atoms with van der Waals surface area (Å²) in [6.07, 6.45) is 4.31. The number of rotatable bonds is 4. The van der Waals surface area contributed by atoms with E-state index in [0.29, 0.717) is 0 Å². The van der Waals surface area contributed by atoms with Crippen LogP contribution in [0.1, 0.15) is 18.9 Å². The van der Waals surface area contributed by atoms with Gasteiger partial charge in [-0.05, 0) is 30.2 Å². The van der Waals surface area contributed by atoms with Crippen molar-refractivity contribution in [3.8, 4) is 0 Å². The highest BCUT2D eigenvalue weighted by Crippen LogP contribution is 2.12. The maximum absolute atomic E-state index is 11.3. The molecule has 0 aromatic heterocycles. The number of hydrogen-bond donors (Lipinski definition) is 1. The van der Waals surface area contributed by atoms with Crippen molar-refractivity contribution < 1.29 is 4.79 Å². The first-order chi connectivity index (χ1) is 7.22. The van der Waals surface area contributed by atoms with Crippen molar-refractivity contribution in [2.75, 3.05) is 6.54 Å². The minimum absolute atomic E-state index is 0.0446. The highest BCUT2D eigenvalue weighted by molar-refractivity contribution is 9.10. The summed E-state index contributed by atoms with van der Waals surface area (Å²) >= 11 is 3.38. The summed E-state index contributed by atoms with van der Waals surface area (Å²) in [5, 5.41) is 2.78. The zero-order valence-corrected chi connectivity index (χ0v) is 10.3. The molecule has 0 aliphatic rings. The normalized spacial score (nSPS) is 10.5. The summed E-state index contributed by atoms with van der Waals surface area (Å²) in [7, 11) is 0. The van der Waals surface area contributed by atoms with E-state index >= 15 is 0 Å². The quantitative estimate of drug-likeness (QED) is 0.836. The number of amides is 1. The Labute approximate surface area is 98.5 Å². The molecule has 1 amide bonds. The van der Waals surface area contributed by atoms with Crippen molar-refractivity contribution in [2.45, 2.75) is 13.3 Å². The van der Waals surface area contributed by atoms with Gasteiger partial charge in [0.15, 0.2) is 0 Å². The van der Waals surface area contributed by atoms with E-state index in [1.54, 1.807) is 12.2 Å². The number of nitrogens with one attached hydrogen (secondary N) is 1. The lowest BCUT2D eigenvalue weighted by Crippen LogP contribution is -2.21. The fourth-order valence-corrected chi connectivity index (χ4v) is 1.51. The molecule has 0 spiro atoms. The summed E-state index contributed by atoms with van der Waals surface area (Å²) in [4.78, 5) is 11.3. The van der Waals surface area contributed by atoms with Crippen LogP contribution < -0.4 is 5.32 Å². The molecule has 2 nitrogen and oxygen atoms in total. The van der Waals surface area contributed by atoms with E-state index in [9.17, 15) is 4.79 Å². The van der Waals surface area contributed by atoms with Crippen LogP contribution in [0.3, 0.4) is 0 Å². The third-order valence-electron chi connectivity index (χ3n) is 1.83. The van der Waals surface area contributed by atoms with Crippen molar-refractivity contribution in [3.05, 3.63) is 40.4 Å². The predicted molar refractivity (Wildman–Crippen MR) is 66.5 cm³/mol. The molecular formula is C12H14BrNO. The third-order valence-corrected chi connectivity index (χ3v) is 2.32. The van der Waals surface area contributed by atoms with Crippen LogP contribution in [0, 0.1) is 0 Å². The number of carbonyl (C=O) groups excluding carboxylic acids is 1. The second-order valence-corrected chi connectivity index (χ2v) is 4.10. The van der Waals surface area contributed by atoms with E-state index in [-0.39, 0.29) is 5.91 Å². The first-order valence-electron chi connectivity index (χ1n) is 4.94. The Balaban J connectivity index is 2.53. The molecule has 1 aromatic rings. The molecule has 0 bridgehead atoms. The number of hydrogen-bond acceptors (Lipinski definition) is 1. The van der Waals surface area contributed by atoms with Gasteiger partial charge in [0.1, 0.15) is 0 Å². The number of halogens is 1. The van der Waals surface area contributed by atoms with Gasteiger partial charge in [0.05, 0.1) is 0 Å². The van der Waals surface area contributed by atoms with Gasteiger partial charge in [-0.3, -0.25) is 4.79 Å². The fraction of sp³-hybridized carbons (Fsp3) is 0.250. The molecule has 0 unspecified atom stereocenters. The van der Waals surface area contributed by atoms with Crippen molar-refractivity contribution in [1.82, 2.24) is 5.32 Å². The number of benzene rings is 1. The maximum atomic E-state index is 11.3. The average Bonchev–Trinajstić information content (AvgIpc) is 2.23. The Morgan fingerprint density at radius 3 is 3.00 bits per heavy atom. The lowest BCUT2D eigenvalue weighted by atomic mass is 10.2. The molecule has 0 saturated carbocycles. The first-order valence-corrected chi connectivity index (χ1v) is 5.73. The summed E-state index contributed by atoms with van der Waals surface area (Å²) in [6.45, 7) is 2.75. The lowest BCUT2D eigenvalue weighted by Gasteiger charge is -1.97. The summed E-state index contributed by atoms with van der Waals surface area (Å²) in [5.74, 6) is -0.0446. The lowest BCUT2D eigenvalue weighted by molar-refractivity contribution is -0.116. The molecule has 0 aliphatic heterocycles. The molecule has 15 heavy (non-hydrogen) atoms. The van der Waals surface area contributed by atoms with E-state index in [4.69, 9.17) is 0 Å². The molecule has 0 fully saturated rings. The van der Waals surface area contributed by atoms with Gasteiger partial charge in [-0.15, -0.1) is 0 Å². The Morgan fingerprint density at radius 1 is 1.53 bits per heavy atom. The summed E-state index contributed by atoms with van der Waals surface area (Å²) in [5.41, 5.74) is 1.01. The van der Waals surface area contributed by atoms with Gasteiger partial charge in [0, 0.05) is 17.1 Å². The van der Waals surface area contributed by atoms with Gasteiger partial charge >= 0.3 is 0 Å². The van der Waals surface area contributed by atoms with E-state index in [0.717, 1.165) is 23.0 Å². The van der Waals surface area contributed by atoms with Gasteiger partial charge in [0.2, 0.25) is 5.91 Å². The molecule has 0 atom stereocenters. The smallest absolute Gasteiger partial charge is 0.243 e. The van der Waals surface area contributed by atoms with Crippen molar-refractivity contribution >= 4 is 27.9 Å². The van der Waals surface area contributed by atoms with Crippen LogP contribution in [0.15, 0.2) is 34.8 Å². The molecule has 80 valence electrons. The molecular weight excluding hydrogens is 254 g/mol. The molecule has 3 heteroatoms. The maximum Gasteiger partial charge on any atom is 0.243 e. The van der Waals surface area contributed by atoms with Crippen LogP contribution in [0.2, 0.25) is 0 Å². The van der Waals surface area contributed by atoms with Gasteiger partial charge < -0.3 is 5.32 Å². The van der Waals surface area contributed by atoms with E-state index in [1.807, 2.05) is 31.2 Å². The second-order valence-electron chi connectivity index (χ2n) is 3.18. The highest BCUT2D eigenvalue weighted by Gasteiger charge is 1.93. The molecule has 0 heterocycles. The highest BCUT2D eigenvalue weighted by atomic mass is 79.9. The van der Waals surface area contributed by atoms with E-state index < -0.39 is 0 Å².